The highest BCUT2D eigenvalue weighted by molar-refractivity contribution is 5.77. The Balaban J connectivity index is 1.87. The summed E-state index contributed by atoms with van der Waals surface area (Å²) < 4.78 is 5.60. The third-order valence-corrected chi connectivity index (χ3v) is 3.70. The normalized spacial score (nSPS) is 10.7. The van der Waals surface area contributed by atoms with Crippen molar-refractivity contribution in [3.63, 3.8) is 0 Å². The Labute approximate surface area is 144 Å². The third kappa shape index (κ3) is 5.70. The summed E-state index contributed by atoms with van der Waals surface area (Å²) >= 11 is 0. The number of ether oxygens (including phenoxy) is 1. The summed E-state index contributed by atoms with van der Waals surface area (Å²) in [6.45, 7) is 5.53. The molecule has 2 aromatic rings. The monoisotopic (exact) mass is 327 g/mol. The van der Waals surface area contributed by atoms with Crippen LogP contribution in [-0.2, 0) is 17.9 Å². The number of nitrogens with one attached hydrogen (secondary N) is 2. The van der Waals surface area contributed by atoms with E-state index in [-0.39, 0.29) is 12.5 Å². The highest BCUT2D eigenvalue weighted by Crippen LogP contribution is 2.16. The summed E-state index contributed by atoms with van der Waals surface area (Å²) in [5, 5.41) is 2.94. The topological polar surface area (TPSA) is 42.8 Å². The predicted octanol–water partition coefficient (Wildman–Crippen LogP) is 1.64. The van der Waals surface area contributed by atoms with Crippen LogP contribution < -0.4 is 15.0 Å². The molecule has 24 heavy (non-hydrogen) atoms. The van der Waals surface area contributed by atoms with Gasteiger partial charge in [-0.1, -0.05) is 30.3 Å². The van der Waals surface area contributed by atoms with E-state index >= 15 is 0 Å². The van der Waals surface area contributed by atoms with E-state index in [2.05, 4.69) is 37.6 Å². The van der Waals surface area contributed by atoms with Crippen molar-refractivity contribution in [2.24, 2.45) is 0 Å². The fourth-order valence-corrected chi connectivity index (χ4v) is 2.69. The summed E-state index contributed by atoms with van der Waals surface area (Å²) in [7, 11) is 4.24. The summed E-state index contributed by atoms with van der Waals surface area (Å²) in [4.78, 5) is 13.4. The average Bonchev–Trinajstić information content (AvgIpc) is 2.50. The molecule has 2 rings (SSSR count). The predicted molar refractivity (Wildman–Crippen MR) is 96.2 cm³/mol. The molecule has 0 spiro atoms. The number of benzene rings is 2. The Kier molecular flexibility index (Phi) is 6.38. The molecule has 4 heteroatoms. The van der Waals surface area contributed by atoms with Gasteiger partial charge >= 0.3 is 0 Å². The minimum atomic E-state index is -0.110. The highest BCUT2D eigenvalue weighted by atomic mass is 16.5. The Morgan fingerprint density at radius 3 is 2.29 bits per heavy atom. The highest BCUT2D eigenvalue weighted by Gasteiger charge is 2.08. The van der Waals surface area contributed by atoms with E-state index in [1.54, 1.807) is 0 Å². The van der Waals surface area contributed by atoms with Gasteiger partial charge in [-0.3, -0.25) is 4.79 Å². The Morgan fingerprint density at radius 1 is 1.04 bits per heavy atom. The first kappa shape index (κ1) is 18.0. The number of aryl methyl sites for hydroxylation is 2. The fraction of sp³-hybridized carbons (Fsp3) is 0.350. The van der Waals surface area contributed by atoms with Gasteiger partial charge in [0, 0.05) is 12.1 Å². The van der Waals surface area contributed by atoms with Crippen LogP contribution in [0.25, 0.3) is 0 Å². The van der Waals surface area contributed by atoms with Crippen molar-refractivity contribution < 1.29 is 14.4 Å². The van der Waals surface area contributed by atoms with E-state index in [1.165, 1.54) is 10.5 Å². The lowest BCUT2D eigenvalue weighted by Gasteiger charge is -2.13. The van der Waals surface area contributed by atoms with Crippen LogP contribution >= 0.6 is 0 Å². The second kappa shape index (κ2) is 8.50. The van der Waals surface area contributed by atoms with E-state index in [9.17, 15) is 4.79 Å². The van der Waals surface area contributed by atoms with Gasteiger partial charge in [-0.2, -0.15) is 0 Å². The molecule has 0 aliphatic carbocycles. The number of hydrogen-bond donors (Lipinski definition) is 2. The molecule has 0 radical (unpaired) electrons. The minimum absolute atomic E-state index is 0.0317. The number of carbonyl (C=O) groups excluding carboxylic acids is 1. The Bertz CT molecular complexity index is 676. The van der Waals surface area contributed by atoms with Gasteiger partial charge in [0.2, 0.25) is 0 Å². The van der Waals surface area contributed by atoms with Crippen molar-refractivity contribution in [2.75, 3.05) is 20.7 Å². The van der Waals surface area contributed by atoms with Crippen LogP contribution in [0.2, 0.25) is 0 Å². The van der Waals surface area contributed by atoms with Crippen LogP contribution in [0.4, 0.5) is 0 Å². The van der Waals surface area contributed by atoms with Crippen molar-refractivity contribution in [1.82, 2.24) is 5.32 Å². The maximum atomic E-state index is 12.1. The maximum Gasteiger partial charge on any atom is 0.258 e. The lowest BCUT2D eigenvalue weighted by molar-refractivity contribution is -0.872. The van der Waals surface area contributed by atoms with E-state index in [4.69, 9.17) is 4.74 Å². The first-order valence-corrected chi connectivity index (χ1v) is 8.27. The number of hydrogen-bond acceptors (Lipinski definition) is 2. The molecule has 0 aromatic heterocycles. The number of carbonyl (C=O) groups is 1. The molecule has 0 atom stereocenters. The maximum absolute atomic E-state index is 12.1. The average molecular weight is 327 g/mol. The van der Waals surface area contributed by atoms with Crippen LogP contribution in [0.3, 0.4) is 0 Å². The molecule has 0 aliphatic heterocycles. The molecule has 0 bridgehead atoms. The number of rotatable bonds is 7. The zero-order chi connectivity index (χ0) is 17.5. The van der Waals surface area contributed by atoms with Gasteiger partial charge in [-0.15, -0.1) is 0 Å². The molecule has 0 heterocycles. The van der Waals surface area contributed by atoms with Crippen LogP contribution in [0.5, 0.6) is 5.75 Å². The molecular weight excluding hydrogens is 300 g/mol. The number of quaternary nitrogens is 1. The molecule has 2 aromatic carbocycles. The van der Waals surface area contributed by atoms with E-state index in [0.29, 0.717) is 6.54 Å². The van der Waals surface area contributed by atoms with Crippen molar-refractivity contribution in [2.45, 2.75) is 26.9 Å². The molecule has 0 fully saturated rings. The third-order valence-electron chi connectivity index (χ3n) is 3.70. The Morgan fingerprint density at radius 2 is 1.67 bits per heavy atom. The van der Waals surface area contributed by atoms with Gasteiger partial charge in [0.25, 0.3) is 5.91 Å². The van der Waals surface area contributed by atoms with Gasteiger partial charge in [0.1, 0.15) is 12.3 Å². The Hall–Kier alpha value is -2.33. The van der Waals surface area contributed by atoms with E-state index in [1.807, 2.05) is 38.1 Å². The van der Waals surface area contributed by atoms with Crippen LogP contribution in [0, 0.1) is 13.8 Å². The molecule has 0 saturated carbocycles. The van der Waals surface area contributed by atoms with Crippen molar-refractivity contribution >= 4 is 5.91 Å². The van der Waals surface area contributed by atoms with Gasteiger partial charge in [-0.25, -0.2) is 0 Å². The standard InChI is InChI=1S/C20H26N2O2/c1-15-9-16(2)11-19(10-15)24-14-20(23)21-12-17-7-5-6-8-18(17)13-22(3)4/h5-11H,12-14H2,1-4H3,(H,21,23)/p+1. The minimum Gasteiger partial charge on any atom is -0.484 e. The second-order valence-electron chi connectivity index (χ2n) is 6.54. The van der Waals surface area contributed by atoms with Crippen LogP contribution in [-0.4, -0.2) is 26.6 Å². The zero-order valence-corrected chi connectivity index (χ0v) is 15.0. The van der Waals surface area contributed by atoms with Gasteiger partial charge in [0.15, 0.2) is 6.61 Å². The van der Waals surface area contributed by atoms with Crippen molar-refractivity contribution in [3.05, 3.63) is 64.7 Å². The number of amides is 1. The molecule has 0 saturated heterocycles. The molecule has 0 unspecified atom stereocenters. The smallest absolute Gasteiger partial charge is 0.258 e. The quantitative estimate of drug-likeness (QED) is 0.812. The first-order valence-electron chi connectivity index (χ1n) is 8.27. The molecular formula is C20H27N2O2+. The summed E-state index contributed by atoms with van der Waals surface area (Å²) in [6, 6.07) is 14.2. The van der Waals surface area contributed by atoms with Crippen LogP contribution in [0.1, 0.15) is 22.3 Å². The van der Waals surface area contributed by atoms with Crippen LogP contribution in [0.15, 0.2) is 42.5 Å². The zero-order valence-electron chi connectivity index (χ0n) is 15.0. The van der Waals surface area contributed by atoms with Crippen molar-refractivity contribution in [1.29, 1.82) is 0 Å². The van der Waals surface area contributed by atoms with E-state index in [0.717, 1.165) is 29.0 Å². The molecule has 0 aliphatic rings. The SMILES string of the molecule is Cc1cc(C)cc(OCC(=O)NCc2ccccc2C[NH+](C)C)c1. The van der Waals surface area contributed by atoms with Gasteiger partial charge in [0.05, 0.1) is 14.1 Å². The lowest BCUT2D eigenvalue weighted by Crippen LogP contribution is -3.04. The summed E-state index contributed by atoms with van der Waals surface area (Å²) in [6.07, 6.45) is 0. The van der Waals surface area contributed by atoms with Gasteiger partial charge in [-0.05, 0) is 42.7 Å². The van der Waals surface area contributed by atoms with Crippen molar-refractivity contribution in [3.8, 4) is 5.75 Å². The molecule has 128 valence electrons. The molecule has 2 N–H and O–H groups in total. The van der Waals surface area contributed by atoms with Gasteiger partial charge < -0.3 is 15.0 Å². The lowest BCUT2D eigenvalue weighted by atomic mass is 10.1. The summed E-state index contributed by atoms with van der Waals surface area (Å²) in [5.74, 6) is 0.625. The fourth-order valence-electron chi connectivity index (χ4n) is 2.69. The summed E-state index contributed by atoms with van der Waals surface area (Å²) in [5.41, 5.74) is 4.67. The molecule has 4 nitrogen and oxygen atoms in total. The second-order valence-corrected chi connectivity index (χ2v) is 6.54. The first-order chi connectivity index (χ1) is 11.4. The largest absolute Gasteiger partial charge is 0.484 e. The molecule has 1 amide bonds. The van der Waals surface area contributed by atoms with E-state index < -0.39 is 0 Å².